The number of hydrogen-bond acceptors (Lipinski definition) is 2. The number of rotatable bonds is 4. The largest absolute Gasteiger partial charge is 0.352 e. The molecule has 0 spiro atoms. The SMILES string of the molecule is CCCCNC(=O)c1cn2c3c(cccc3c1=O)CC2. The summed E-state index contributed by atoms with van der Waals surface area (Å²) in [6.45, 7) is 3.53. The van der Waals surface area contributed by atoms with Crippen LogP contribution in [0.15, 0.2) is 29.2 Å². The highest BCUT2D eigenvalue weighted by atomic mass is 16.2. The lowest BCUT2D eigenvalue weighted by molar-refractivity contribution is 0.0951. The molecular weight excluding hydrogens is 252 g/mol. The van der Waals surface area contributed by atoms with E-state index >= 15 is 0 Å². The summed E-state index contributed by atoms with van der Waals surface area (Å²) in [6.07, 6.45) is 4.59. The Morgan fingerprint density at radius 2 is 2.25 bits per heavy atom. The third-order valence-electron chi connectivity index (χ3n) is 3.86. The summed E-state index contributed by atoms with van der Waals surface area (Å²) in [5.41, 5.74) is 2.28. The number of nitrogens with one attached hydrogen (secondary N) is 1. The number of carbonyl (C=O) groups is 1. The highest BCUT2D eigenvalue weighted by molar-refractivity contribution is 5.98. The summed E-state index contributed by atoms with van der Waals surface area (Å²) < 4.78 is 2.03. The molecule has 1 aromatic heterocycles. The van der Waals surface area contributed by atoms with E-state index in [-0.39, 0.29) is 16.9 Å². The fraction of sp³-hybridized carbons (Fsp3) is 0.375. The van der Waals surface area contributed by atoms with E-state index in [4.69, 9.17) is 0 Å². The zero-order chi connectivity index (χ0) is 14.1. The van der Waals surface area contributed by atoms with Gasteiger partial charge in [-0.05, 0) is 24.5 Å². The quantitative estimate of drug-likeness (QED) is 0.865. The van der Waals surface area contributed by atoms with Crippen LogP contribution in [-0.4, -0.2) is 17.0 Å². The maximum absolute atomic E-state index is 12.5. The van der Waals surface area contributed by atoms with Crippen LogP contribution in [0.5, 0.6) is 0 Å². The molecule has 1 aliphatic rings. The zero-order valence-corrected chi connectivity index (χ0v) is 11.6. The normalized spacial score (nSPS) is 12.8. The Bertz CT molecular complexity index is 731. The summed E-state index contributed by atoms with van der Waals surface area (Å²) in [6, 6.07) is 5.76. The second-order valence-electron chi connectivity index (χ2n) is 5.24. The van der Waals surface area contributed by atoms with Gasteiger partial charge in [-0.1, -0.05) is 25.5 Å². The number of nitrogens with zero attached hydrogens (tertiary/aromatic N) is 1. The monoisotopic (exact) mass is 270 g/mol. The molecule has 1 aromatic carbocycles. The van der Waals surface area contributed by atoms with Gasteiger partial charge in [0.25, 0.3) is 5.91 Å². The fourth-order valence-corrected chi connectivity index (χ4v) is 2.79. The number of para-hydroxylation sites is 1. The van der Waals surface area contributed by atoms with Crippen molar-refractivity contribution < 1.29 is 4.79 Å². The van der Waals surface area contributed by atoms with Gasteiger partial charge in [0.1, 0.15) is 5.56 Å². The second-order valence-corrected chi connectivity index (χ2v) is 5.24. The molecule has 0 saturated heterocycles. The Morgan fingerprint density at radius 1 is 1.40 bits per heavy atom. The lowest BCUT2D eigenvalue weighted by atomic mass is 10.1. The summed E-state index contributed by atoms with van der Waals surface area (Å²) in [5.74, 6) is -0.258. The Labute approximate surface area is 117 Å². The molecule has 0 unspecified atom stereocenters. The molecule has 2 aromatic rings. The van der Waals surface area contributed by atoms with Gasteiger partial charge in [-0.15, -0.1) is 0 Å². The number of pyridine rings is 1. The minimum atomic E-state index is -0.258. The minimum absolute atomic E-state index is 0.158. The maximum atomic E-state index is 12.5. The first kappa shape index (κ1) is 12.9. The van der Waals surface area contributed by atoms with Crippen LogP contribution in [0.25, 0.3) is 10.9 Å². The van der Waals surface area contributed by atoms with E-state index in [1.165, 1.54) is 5.56 Å². The molecule has 0 radical (unpaired) electrons. The van der Waals surface area contributed by atoms with Crippen molar-refractivity contribution in [3.63, 3.8) is 0 Å². The predicted octanol–water partition coefficient (Wildman–Crippen LogP) is 2.09. The molecule has 1 amide bonds. The van der Waals surface area contributed by atoms with Crippen molar-refractivity contribution in [3.8, 4) is 0 Å². The topological polar surface area (TPSA) is 51.1 Å². The van der Waals surface area contributed by atoms with E-state index in [1.807, 2.05) is 22.8 Å². The van der Waals surface area contributed by atoms with Crippen LogP contribution in [0.1, 0.15) is 35.7 Å². The number of carbonyl (C=O) groups excluding carboxylic acids is 1. The standard InChI is InChI=1S/C16H18N2O2/c1-2-3-8-17-16(20)13-10-18-9-7-11-5-4-6-12(14(11)18)15(13)19/h4-6,10H,2-3,7-9H2,1H3,(H,17,20). The van der Waals surface area contributed by atoms with E-state index in [1.54, 1.807) is 6.20 Å². The predicted molar refractivity (Wildman–Crippen MR) is 79.2 cm³/mol. The number of hydrogen-bond donors (Lipinski definition) is 1. The average molecular weight is 270 g/mol. The fourth-order valence-electron chi connectivity index (χ4n) is 2.79. The number of amides is 1. The van der Waals surface area contributed by atoms with Gasteiger partial charge in [-0.2, -0.15) is 0 Å². The first-order valence-electron chi connectivity index (χ1n) is 7.15. The lowest BCUT2D eigenvalue weighted by Gasteiger charge is -2.09. The van der Waals surface area contributed by atoms with E-state index in [0.717, 1.165) is 31.3 Å². The molecule has 0 bridgehead atoms. The van der Waals surface area contributed by atoms with Crippen molar-refractivity contribution in [3.05, 3.63) is 45.7 Å². The molecular formula is C16H18N2O2. The van der Waals surface area contributed by atoms with Crippen LogP contribution >= 0.6 is 0 Å². The molecule has 3 rings (SSSR count). The summed E-state index contributed by atoms with van der Waals surface area (Å²) in [4.78, 5) is 24.6. The van der Waals surface area contributed by atoms with E-state index in [9.17, 15) is 9.59 Å². The molecule has 4 nitrogen and oxygen atoms in total. The molecule has 2 heterocycles. The molecule has 0 atom stereocenters. The van der Waals surface area contributed by atoms with Gasteiger partial charge in [-0.3, -0.25) is 9.59 Å². The van der Waals surface area contributed by atoms with Gasteiger partial charge in [-0.25, -0.2) is 0 Å². The number of aromatic nitrogens is 1. The van der Waals surface area contributed by atoms with Crippen LogP contribution in [-0.2, 0) is 13.0 Å². The molecule has 20 heavy (non-hydrogen) atoms. The number of benzene rings is 1. The van der Waals surface area contributed by atoms with Crippen molar-refractivity contribution in [2.24, 2.45) is 0 Å². The third-order valence-corrected chi connectivity index (χ3v) is 3.86. The smallest absolute Gasteiger partial charge is 0.256 e. The van der Waals surface area contributed by atoms with Gasteiger partial charge < -0.3 is 9.88 Å². The Balaban J connectivity index is 2.05. The van der Waals surface area contributed by atoms with Crippen molar-refractivity contribution in [2.75, 3.05) is 6.54 Å². The first-order chi connectivity index (χ1) is 9.72. The van der Waals surface area contributed by atoms with Crippen LogP contribution < -0.4 is 10.7 Å². The number of unbranched alkanes of at least 4 members (excludes halogenated alkanes) is 1. The average Bonchev–Trinajstić information content (AvgIpc) is 2.87. The van der Waals surface area contributed by atoms with Crippen molar-refractivity contribution >= 4 is 16.8 Å². The van der Waals surface area contributed by atoms with Gasteiger partial charge >= 0.3 is 0 Å². The molecule has 0 fully saturated rings. The summed E-state index contributed by atoms with van der Waals surface area (Å²) in [5, 5.41) is 3.48. The molecule has 0 saturated carbocycles. The molecule has 104 valence electrons. The van der Waals surface area contributed by atoms with Crippen LogP contribution in [0.4, 0.5) is 0 Å². The second kappa shape index (κ2) is 5.12. The highest BCUT2D eigenvalue weighted by Gasteiger charge is 2.19. The van der Waals surface area contributed by atoms with Crippen molar-refractivity contribution in [1.29, 1.82) is 0 Å². The Kier molecular flexibility index (Phi) is 3.30. The first-order valence-corrected chi connectivity index (χ1v) is 7.15. The lowest BCUT2D eigenvalue weighted by Crippen LogP contribution is -2.30. The molecule has 1 N–H and O–H groups in total. The van der Waals surface area contributed by atoms with E-state index in [2.05, 4.69) is 12.2 Å². The van der Waals surface area contributed by atoms with Crippen LogP contribution in [0.3, 0.4) is 0 Å². The molecule has 1 aliphatic heterocycles. The van der Waals surface area contributed by atoms with Crippen LogP contribution in [0, 0.1) is 0 Å². The third kappa shape index (κ3) is 2.01. The molecule has 0 aliphatic carbocycles. The Hall–Kier alpha value is -2.10. The van der Waals surface area contributed by atoms with E-state index < -0.39 is 0 Å². The Morgan fingerprint density at radius 3 is 3.05 bits per heavy atom. The van der Waals surface area contributed by atoms with E-state index in [0.29, 0.717) is 11.9 Å². The minimum Gasteiger partial charge on any atom is -0.352 e. The van der Waals surface area contributed by atoms with Crippen LogP contribution in [0.2, 0.25) is 0 Å². The van der Waals surface area contributed by atoms with Gasteiger partial charge in [0, 0.05) is 24.7 Å². The van der Waals surface area contributed by atoms with Crippen molar-refractivity contribution in [1.82, 2.24) is 9.88 Å². The van der Waals surface area contributed by atoms with Gasteiger partial charge in [0.15, 0.2) is 0 Å². The van der Waals surface area contributed by atoms with Crippen molar-refractivity contribution in [2.45, 2.75) is 32.7 Å². The summed E-state index contributed by atoms with van der Waals surface area (Å²) in [7, 11) is 0. The maximum Gasteiger partial charge on any atom is 0.256 e. The van der Waals surface area contributed by atoms with Gasteiger partial charge in [0.05, 0.1) is 5.52 Å². The number of aryl methyl sites for hydroxylation is 2. The van der Waals surface area contributed by atoms with Gasteiger partial charge in [0.2, 0.25) is 5.43 Å². The molecule has 4 heteroatoms. The summed E-state index contributed by atoms with van der Waals surface area (Å²) >= 11 is 0. The zero-order valence-electron chi connectivity index (χ0n) is 11.6. The highest BCUT2D eigenvalue weighted by Crippen LogP contribution is 2.23.